The molecule has 1 aliphatic rings. The van der Waals surface area contributed by atoms with Crippen LogP contribution in [0.3, 0.4) is 0 Å². The van der Waals surface area contributed by atoms with Crippen LogP contribution in [0.15, 0.2) is 23.0 Å². The molecular weight excluding hydrogens is 326 g/mol. The molecule has 1 aliphatic heterocycles. The predicted octanol–water partition coefficient (Wildman–Crippen LogP) is 2.15. The van der Waals surface area contributed by atoms with Gasteiger partial charge in [-0.25, -0.2) is 0 Å². The Kier molecular flexibility index (Phi) is 4.39. The second-order valence-electron chi connectivity index (χ2n) is 5.71. The Balaban J connectivity index is 2.25. The van der Waals surface area contributed by atoms with Gasteiger partial charge in [0.1, 0.15) is 5.75 Å². The van der Waals surface area contributed by atoms with E-state index in [-0.39, 0.29) is 17.7 Å². The van der Waals surface area contributed by atoms with Crippen LogP contribution in [0.1, 0.15) is 29.2 Å². The van der Waals surface area contributed by atoms with Crippen LogP contribution in [-0.2, 0) is 4.79 Å². The Hall–Kier alpha value is -2.96. The van der Waals surface area contributed by atoms with Crippen molar-refractivity contribution < 1.29 is 23.7 Å². The maximum atomic E-state index is 12.5. The molecule has 0 saturated heterocycles. The normalized spacial score (nSPS) is 16.0. The van der Waals surface area contributed by atoms with Crippen LogP contribution in [-0.4, -0.2) is 32.3 Å². The third-order valence-electron chi connectivity index (χ3n) is 4.22. The smallest absolute Gasteiger partial charge is 0.312 e. The van der Waals surface area contributed by atoms with Gasteiger partial charge in [-0.15, -0.1) is 0 Å². The number of nitrogens with one attached hydrogen (secondary N) is 1. The summed E-state index contributed by atoms with van der Waals surface area (Å²) >= 11 is 0. The molecule has 2 aromatic rings. The Morgan fingerprint density at radius 2 is 1.80 bits per heavy atom. The molecule has 3 rings (SSSR count). The lowest BCUT2D eigenvalue weighted by molar-refractivity contribution is -0.135. The van der Waals surface area contributed by atoms with Gasteiger partial charge in [0.15, 0.2) is 11.5 Å². The molecule has 1 atom stereocenters. The van der Waals surface area contributed by atoms with Crippen molar-refractivity contribution >= 4 is 5.97 Å². The number of benzene rings is 1. The lowest BCUT2D eigenvalue weighted by Crippen LogP contribution is -2.28. The first kappa shape index (κ1) is 16.9. The summed E-state index contributed by atoms with van der Waals surface area (Å²) in [6, 6.07) is 5.14. The zero-order chi connectivity index (χ0) is 18.1. The zero-order valence-corrected chi connectivity index (χ0v) is 14.5. The minimum absolute atomic E-state index is 0.0327. The minimum Gasteiger partial charge on any atom is -0.493 e. The molecule has 1 aromatic carbocycles. The number of pyridine rings is 1. The fourth-order valence-corrected chi connectivity index (χ4v) is 3.18. The van der Waals surface area contributed by atoms with Crippen LogP contribution in [0.2, 0.25) is 0 Å². The van der Waals surface area contributed by atoms with Gasteiger partial charge in [0.2, 0.25) is 5.75 Å². The summed E-state index contributed by atoms with van der Waals surface area (Å²) in [4.78, 5) is 27.3. The quantitative estimate of drug-likeness (QED) is 0.855. The summed E-state index contributed by atoms with van der Waals surface area (Å²) in [6.45, 7) is 1.73. The van der Waals surface area contributed by atoms with E-state index in [1.165, 1.54) is 21.3 Å². The second-order valence-corrected chi connectivity index (χ2v) is 5.71. The van der Waals surface area contributed by atoms with Crippen molar-refractivity contribution in [3.63, 3.8) is 0 Å². The van der Waals surface area contributed by atoms with Gasteiger partial charge in [0, 0.05) is 23.2 Å². The maximum absolute atomic E-state index is 12.5. The van der Waals surface area contributed by atoms with Gasteiger partial charge in [0.05, 0.1) is 33.3 Å². The number of esters is 1. The standard InChI is InChI=1S/C18H19NO6/c1-9-7-13-15(18(21)19-9)11(8-14(20)25-13)10-5-6-12(22-2)17(24-4)16(10)23-3/h5-7,11H,8H2,1-4H3,(H,19,21)/t11-/m1/s1. The molecule has 0 amide bonds. The molecule has 0 fully saturated rings. The minimum atomic E-state index is -0.504. The van der Waals surface area contributed by atoms with E-state index in [4.69, 9.17) is 18.9 Å². The van der Waals surface area contributed by atoms with Gasteiger partial charge >= 0.3 is 5.97 Å². The van der Waals surface area contributed by atoms with Crippen LogP contribution >= 0.6 is 0 Å². The van der Waals surface area contributed by atoms with E-state index < -0.39 is 11.9 Å². The lowest BCUT2D eigenvalue weighted by atomic mass is 9.86. The number of aromatic nitrogens is 1. The lowest BCUT2D eigenvalue weighted by Gasteiger charge is -2.26. The predicted molar refractivity (Wildman–Crippen MR) is 90.0 cm³/mol. The summed E-state index contributed by atoms with van der Waals surface area (Å²) < 4.78 is 21.5. The number of aryl methyl sites for hydroxylation is 1. The fourth-order valence-electron chi connectivity index (χ4n) is 3.18. The molecule has 0 aliphatic carbocycles. The molecule has 0 radical (unpaired) electrons. The second kappa shape index (κ2) is 6.51. The van der Waals surface area contributed by atoms with E-state index in [1.807, 2.05) is 0 Å². The number of fused-ring (bicyclic) bond motifs is 1. The van der Waals surface area contributed by atoms with Crippen molar-refractivity contribution in [2.75, 3.05) is 21.3 Å². The highest BCUT2D eigenvalue weighted by molar-refractivity contribution is 5.78. The highest BCUT2D eigenvalue weighted by atomic mass is 16.5. The first-order valence-corrected chi connectivity index (χ1v) is 7.73. The van der Waals surface area contributed by atoms with E-state index in [2.05, 4.69) is 4.98 Å². The van der Waals surface area contributed by atoms with E-state index >= 15 is 0 Å². The molecule has 132 valence electrons. The topological polar surface area (TPSA) is 86.9 Å². The summed E-state index contributed by atoms with van der Waals surface area (Å²) in [5.74, 6) is 0.701. The molecular formula is C18H19NO6. The van der Waals surface area contributed by atoms with E-state index in [1.54, 1.807) is 25.1 Å². The first-order valence-electron chi connectivity index (χ1n) is 7.73. The highest BCUT2D eigenvalue weighted by Crippen LogP contribution is 2.47. The molecule has 0 saturated carbocycles. The number of hydrogen-bond acceptors (Lipinski definition) is 6. The van der Waals surface area contributed by atoms with Gasteiger partial charge in [-0.3, -0.25) is 9.59 Å². The Morgan fingerprint density at radius 3 is 2.44 bits per heavy atom. The maximum Gasteiger partial charge on any atom is 0.312 e. The van der Waals surface area contributed by atoms with E-state index in [0.29, 0.717) is 34.1 Å². The molecule has 7 heteroatoms. The molecule has 1 aromatic heterocycles. The van der Waals surface area contributed by atoms with Crippen LogP contribution in [0.5, 0.6) is 23.0 Å². The van der Waals surface area contributed by atoms with Crippen molar-refractivity contribution in [1.82, 2.24) is 4.98 Å². The van der Waals surface area contributed by atoms with Gasteiger partial charge in [0.25, 0.3) is 5.56 Å². The summed E-state index contributed by atoms with van der Waals surface area (Å²) in [6.07, 6.45) is 0.0327. The number of H-pyrrole nitrogens is 1. The Bertz CT molecular complexity index is 886. The third-order valence-corrected chi connectivity index (χ3v) is 4.22. The number of carbonyl (C=O) groups is 1. The molecule has 7 nitrogen and oxygen atoms in total. The number of hydrogen-bond donors (Lipinski definition) is 1. The Labute approximate surface area is 144 Å². The monoisotopic (exact) mass is 345 g/mol. The van der Waals surface area contributed by atoms with Crippen LogP contribution < -0.4 is 24.5 Å². The number of aromatic amines is 1. The molecule has 1 N–H and O–H groups in total. The average molecular weight is 345 g/mol. The fraction of sp³-hybridized carbons (Fsp3) is 0.333. The molecule has 25 heavy (non-hydrogen) atoms. The van der Waals surface area contributed by atoms with Crippen molar-refractivity contribution in [3.8, 4) is 23.0 Å². The summed E-state index contributed by atoms with van der Waals surface area (Å²) in [7, 11) is 4.53. The zero-order valence-electron chi connectivity index (χ0n) is 14.5. The number of carbonyl (C=O) groups excluding carboxylic acids is 1. The first-order chi connectivity index (χ1) is 12.0. The van der Waals surface area contributed by atoms with Crippen molar-refractivity contribution in [3.05, 3.63) is 45.4 Å². The average Bonchev–Trinajstić information content (AvgIpc) is 2.58. The van der Waals surface area contributed by atoms with E-state index in [9.17, 15) is 9.59 Å². The van der Waals surface area contributed by atoms with Crippen molar-refractivity contribution in [1.29, 1.82) is 0 Å². The summed E-state index contributed by atoms with van der Waals surface area (Å²) in [5.41, 5.74) is 1.39. The molecule has 0 unspecified atom stereocenters. The SMILES string of the molecule is COc1ccc([C@H]2CC(=O)Oc3cc(C)[nH]c(=O)c32)c(OC)c1OC. The highest BCUT2D eigenvalue weighted by Gasteiger charge is 2.34. The van der Waals surface area contributed by atoms with Crippen LogP contribution in [0.4, 0.5) is 0 Å². The van der Waals surface area contributed by atoms with Gasteiger partial charge in [-0.1, -0.05) is 6.07 Å². The van der Waals surface area contributed by atoms with Gasteiger partial charge in [-0.2, -0.15) is 0 Å². The number of methoxy groups -OCH3 is 3. The van der Waals surface area contributed by atoms with Crippen LogP contribution in [0, 0.1) is 6.92 Å². The molecule has 2 heterocycles. The third kappa shape index (κ3) is 2.82. The summed E-state index contributed by atoms with van der Waals surface area (Å²) in [5, 5.41) is 0. The van der Waals surface area contributed by atoms with E-state index in [0.717, 1.165) is 0 Å². The molecule has 0 bridgehead atoms. The van der Waals surface area contributed by atoms with Gasteiger partial charge in [-0.05, 0) is 13.0 Å². The number of rotatable bonds is 4. The van der Waals surface area contributed by atoms with Crippen molar-refractivity contribution in [2.45, 2.75) is 19.3 Å². The number of ether oxygens (including phenoxy) is 4. The van der Waals surface area contributed by atoms with Gasteiger partial charge < -0.3 is 23.9 Å². The van der Waals surface area contributed by atoms with Crippen LogP contribution in [0.25, 0.3) is 0 Å². The Morgan fingerprint density at radius 1 is 1.08 bits per heavy atom. The molecule has 0 spiro atoms. The van der Waals surface area contributed by atoms with Crippen molar-refractivity contribution in [2.24, 2.45) is 0 Å². The largest absolute Gasteiger partial charge is 0.493 e.